The zero-order valence-corrected chi connectivity index (χ0v) is 12.9. The quantitative estimate of drug-likeness (QED) is 0.305. The van der Waals surface area contributed by atoms with Crippen LogP contribution < -0.4 is 0 Å². The van der Waals surface area contributed by atoms with Crippen LogP contribution in [-0.2, 0) is 0 Å². The molecule has 0 bridgehead atoms. The number of phenolic OH excluding ortho intramolecular Hbond substituents is 2. The first-order chi connectivity index (χ1) is 12.4. The Morgan fingerprint density at radius 3 is 2.12 bits per heavy atom. The van der Waals surface area contributed by atoms with Gasteiger partial charge in [0.1, 0.15) is 0 Å². The van der Waals surface area contributed by atoms with Crippen LogP contribution in [0.5, 0.6) is 11.5 Å². The summed E-state index contributed by atoms with van der Waals surface area (Å²) < 4.78 is 0. The Bertz CT molecular complexity index is 1080. The van der Waals surface area contributed by atoms with E-state index in [9.17, 15) is 30.4 Å². The fraction of sp³-hybridized carbons (Fsp3) is 0. The van der Waals surface area contributed by atoms with E-state index in [4.69, 9.17) is 0 Å². The van der Waals surface area contributed by atoms with Crippen LogP contribution in [0.2, 0.25) is 0 Å². The van der Waals surface area contributed by atoms with E-state index in [0.29, 0.717) is 10.8 Å². The molecule has 0 heterocycles. The molecule has 0 unspecified atom stereocenters. The molecule has 0 saturated carbocycles. The van der Waals surface area contributed by atoms with E-state index in [2.05, 4.69) is 10.2 Å². The largest absolute Gasteiger partial charge is 0.504 e. The van der Waals surface area contributed by atoms with Crippen LogP contribution in [0.25, 0.3) is 10.8 Å². The van der Waals surface area contributed by atoms with Gasteiger partial charge in [-0.3, -0.25) is 20.2 Å². The standard InChI is InChI=1S/C16H10N4O6/c21-15-8-13(10-3-1-2-4-11(10)16(15)22)18-17-12-6-5-9(19(23)24)7-14(12)20(25)26/h1-8,21-22H. The normalized spacial score (nSPS) is 11.1. The highest BCUT2D eigenvalue weighted by molar-refractivity contribution is 5.98. The number of nitro groups is 2. The molecule has 26 heavy (non-hydrogen) atoms. The van der Waals surface area contributed by atoms with Crippen molar-refractivity contribution in [3.8, 4) is 11.5 Å². The van der Waals surface area contributed by atoms with Crippen molar-refractivity contribution in [1.29, 1.82) is 0 Å². The van der Waals surface area contributed by atoms with E-state index in [0.717, 1.165) is 18.2 Å². The van der Waals surface area contributed by atoms with Crippen molar-refractivity contribution < 1.29 is 20.1 Å². The molecular weight excluding hydrogens is 344 g/mol. The van der Waals surface area contributed by atoms with Gasteiger partial charge in [-0.05, 0) is 6.07 Å². The highest BCUT2D eigenvalue weighted by atomic mass is 16.6. The van der Waals surface area contributed by atoms with Crippen molar-refractivity contribution in [2.45, 2.75) is 0 Å². The summed E-state index contributed by atoms with van der Waals surface area (Å²) in [5, 5.41) is 50.1. The van der Waals surface area contributed by atoms with E-state index >= 15 is 0 Å². The minimum atomic E-state index is -0.798. The number of nitrogens with zero attached hydrogens (tertiary/aromatic N) is 4. The van der Waals surface area contributed by atoms with Gasteiger partial charge in [0.25, 0.3) is 5.69 Å². The molecule has 3 rings (SSSR count). The molecule has 0 atom stereocenters. The van der Waals surface area contributed by atoms with Gasteiger partial charge in [-0.2, -0.15) is 0 Å². The zero-order valence-electron chi connectivity index (χ0n) is 12.9. The summed E-state index contributed by atoms with van der Waals surface area (Å²) in [5.41, 5.74) is -1.03. The number of non-ortho nitro benzene ring substituents is 1. The summed E-state index contributed by atoms with van der Waals surface area (Å²) in [4.78, 5) is 20.3. The maximum absolute atomic E-state index is 11.1. The average molecular weight is 354 g/mol. The summed E-state index contributed by atoms with van der Waals surface area (Å²) in [6.07, 6.45) is 0. The number of rotatable bonds is 4. The molecule has 0 saturated heterocycles. The van der Waals surface area contributed by atoms with Gasteiger partial charge in [-0.1, -0.05) is 24.3 Å². The predicted molar refractivity (Wildman–Crippen MR) is 91.2 cm³/mol. The monoisotopic (exact) mass is 354 g/mol. The number of hydrogen-bond donors (Lipinski definition) is 2. The third kappa shape index (κ3) is 2.98. The number of aromatic hydroxyl groups is 2. The topological polar surface area (TPSA) is 151 Å². The lowest BCUT2D eigenvalue weighted by atomic mass is 10.1. The molecule has 0 fully saturated rings. The van der Waals surface area contributed by atoms with Crippen LogP contribution in [0, 0.1) is 20.2 Å². The van der Waals surface area contributed by atoms with Gasteiger partial charge in [0.15, 0.2) is 17.2 Å². The number of hydrogen-bond acceptors (Lipinski definition) is 8. The van der Waals surface area contributed by atoms with Crippen LogP contribution in [0.3, 0.4) is 0 Å². The van der Waals surface area contributed by atoms with Crippen LogP contribution in [0.4, 0.5) is 22.7 Å². The summed E-state index contributed by atoms with van der Waals surface area (Å²) in [6.45, 7) is 0. The number of phenols is 2. The summed E-state index contributed by atoms with van der Waals surface area (Å²) in [5.74, 6) is -0.739. The SMILES string of the molecule is O=[N+]([O-])c1ccc(N=Nc2cc(O)c(O)c3ccccc23)c([N+](=O)[O-])c1. The van der Waals surface area contributed by atoms with Crippen LogP contribution >= 0.6 is 0 Å². The minimum Gasteiger partial charge on any atom is -0.504 e. The number of fused-ring (bicyclic) bond motifs is 1. The van der Waals surface area contributed by atoms with Gasteiger partial charge in [0.2, 0.25) is 0 Å². The first kappa shape index (κ1) is 16.8. The lowest BCUT2D eigenvalue weighted by Gasteiger charge is -2.05. The van der Waals surface area contributed by atoms with Gasteiger partial charge in [0.05, 0.1) is 21.6 Å². The minimum absolute atomic E-state index is 0.170. The molecule has 10 nitrogen and oxygen atoms in total. The van der Waals surface area contributed by atoms with E-state index in [1.54, 1.807) is 24.3 Å². The Morgan fingerprint density at radius 1 is 0.808 bits per heavy atom. The third-order valence-electron chi connectivity index (χ3n) is 3.61. The van der Waals surface area contributed by atoms with Gasteiger partial charge < -0.3 is 10.2 Å². The van der Waals surface area contributed by atoms with Crippen LogP contribution in [0.1, 0.15) is 0 Å². The Labute approximate surface area is 145 Å². The smallest absolute Gasteiger partial charge is 0.303 e. The Balaban J connectivity index is 2.12. The average Bonchev–Trinajstić information content (AvgIpc) is 2.63. The Morgan fingerprint density at radius 2 is 1.46 bits per heavy atom. The molecule has 0 aliphatic carbocycles. The first-order valence-corrected chi connectivity index (χ1v) is 7.16. The zero-order chi connectivity index (χ0) is 18.8. The number of azo groups is 1. The number of nitro benzene ring substituents is 2. The van der Waals surface area contributed by atoms with E-state index in [1.807, 2.05) is 0 Å². The van der Waals surface area contributed by atoms with Crippen LogP contribution in [0.15, 0.2) is 58.8 Å². The Hall–Kier alpha value is -4.08. The Kier molecular flexibility index (Phi) is 4.15. The van der Waals surface area contributed by atoms with Gasteiger partial charge in [-0.25, -0.2) is 0 Å². The molecule has 10 heteroatoms. The van der Waals surface area contributed by atoms with E-state index in [-0.39, 0.29) is 17.1 Å². The maximum atomic E-state index is 11.1. The molecule has 3 aromatic carbocycles. The second-order valence-electron chi connectivity index (χ2n) is 5.20. The van der Waals surface area contributed by atoms with Crippen molar-refractivity contribution in [2.75, 3.05) is 0 Å². The van der Waals surface area contributed by atoms with Crippen molar-refractivity contribution in [2.24, 2.45) is 10.2 Å². The van der Waals surface area contributed by atoms with Crippen molar-refractivity contribution in [3.05, 3.63) is 68.8 Å². The molecule has 0 aromatic heterocycles. The van der Waals surface area contributed by atoms with Crippen LogP contribution in [-0.4, -0.2) is 20.1 Å². The molecule has 0 amide bonds. The molecular formula is C16H10N4O6. The predicted octanol–water partition coefficient (Wildman–Crippen LogP) is 4.48. The number of benzene rings is 3. The molecule has 130 valence electrons. The molecule has 0 aliphatic rings. The van der Waals surface area contributed by atoms with Crippen molar-refractivity contribution in [1.82, 2.24) is 0 Å². The fourth-order valence-electron chi connectivity index (χ4n) is 2.37. The molecule has 0 radical (unpaired) electrons. The second-order valence-corrected chi connectivity index (χ2v) is 5.20. The molecule has 0 spiro atoms. The third-order valence-corrected chi connectivity index (χ3v) is 3.61. The van der Waals surface area contributed by atoms with Gasteiger partial charge >= 0.3 is 5.69 Å². The van der Waals surface area contributed by atoms with Crippen molar-refractivity contribution >= 4 is 33.5 Å². The lowest BCUT2D eigenvalue weighted by molar-refractivity contribution is -0.393. The van der Waals surface area contributed by atoms with E-state index in [1.165, 1.54) is 6.07 Å². The van der Waals surface area contributed by atoms with Crippen molar-refractivity contribution in [3.63, 3.8) is 0 Å². The van der Waals surface area contributed by atoms with Gasteiger partial charge in [0, 0.05) is 22.9 Å². The maximum Gasteiger partial charge on any atom is 0.303 e. The molecule has 0 aliphatic heterocycles. The summed E-state index contributed by atoms with van der Waals surface area (Å²) in [6, 6.07) is 10.7. The lowest BCUT2D eigenvalue weighted by Crippen LogP contribution is -1.92. The fourth-order valence-corrected chi connectivity index (χ4v) is 2.37. The molecule has 2 N–H and O–H groups in total. The highest BCUT2D eigenvalue weighted by Gasteiger charge is 2.19. The highest BCUT2D eigenvalue weighted by Crippen LogP contribution is 2.41. The molecule has 3 aromatic rings. The van der Waals surface area contributed by atoms with Gasteiger partial charge in [-0.15, -0.1) is 10.2 Å². The summed E-state index contributed by atoms with van der Waals surface area (Å²) in [7, 11) is 0. The van der Waals surface area contributed by atoms with E-state index < -0.39 is 27.0 Å². The first-order valence-electron chi connectivity index (χ1n) is 7.16. The second kappa shape index (κ2) is 6.43. The summed E-state index contributed by atoms with van der Waals surface area (Å²) >= 11 is 0.